The number of rotatable bonds is 7. The van der Waals surface area contributed by atoms with Crippen molar-refractivity contribution in [1.29, 1.82) is 0 Å². The summed E-state index contributed by atoms with van der Waals surface area (Å²) in [5.41, 5.74) is 0. The lowest BCUT2D eigenvalue weighted by Crippen LogP contribution is -2.18. The highest BCUT2D eigenvalue weighted by Crippen LogP contribution is 2.09. The standard InChI is InChI=1S/C9H21NO.2C2H6/c1-4-9(8-10-2)6-5-7-11-3;2*1-2/h9-10H,4-8H2,1-3H3;2*1-2H3. The van der Waals surface area contributed by atoms with Gasteiger partial charge in [0, 0.05) is 13.7 Å². The summed E-state index contributed by atoms with van der Waals surface area (Å²) in [6.07, 6.45) is 3.74. The average molecular weight is 219 g/mol. The minimum absolute atomic E-state index is 0.829. The van der Waals surface area contributed by atoms with Crippen molar-refractivity contribution < 1.29 is 4.74 Å². The van der Waals surface area contributed by atoms with Gasteiger partial charge in [-0.1, -0.05) is 41.0 Å². The van der Waals surface area contributed by atoms with Crippen LogP contribution in [0.1, 0.15) is 53.9 Å². The summed E-state index contributed by atoms with van der Waals surface area (Å²) in [6.45, 7) is 12.3. The Hall–Kier alpha value is -0.0800. The summed E-state index contributed by atoms with van der Waals surface area (Å²) in [7, 11) is 3.78. The first-order chi connectivity index (χ1) is 7.35. The third-order valence-electron chi connectivity index (χ3n) is 2.03. The zero-order valence-corrected chi connectivity index (χ0v) is 12.0. The lowest BCUT2D eigenvalue weighted by Gasteiger charge is -2.12. The van der Waals surface area contributed by atoms with Crippen molar-refractivity contribution in [3.63, 3.8) is 0 Å². The van der Waals surface area contributed by atoms with Crippen LogP contribution < -0.4 is 5.32 Å². The minimum atomic E-state index is 0.829. The second kappa shape index (κ2) is 23.6. The minimum Gasteiger partial charge on any atom is -0.385 e. The first kappa shape index (κ1) is 20.3. The van der Waals surface area contributed by atoms with Crippen LogP contribution in [0.15, 0.2) is 0 Å². The Morgan fingerprint density at radius 1 is 1.13 bits per heavy atom. The molecule has 0 aliphatic rings. The Bertz CT molecular complexity index is 76.9. The predicted molar refractivity (Wildman–Crippen MR) is 71.5 cm³/mol. The van der Waals surface area contributed by atoms with Gasteiger partial charge in [0.2, 0.25) is 0 Å². The second-order valence-electron chi connectivity index (χ2n) is 2.97. The molecule has 0 amide bonds. The topological polar surface area (TPSA) is 21.3 Å². The molecule has 0 saturated heterocycles. The van der Waals surface area contributed by atoms with Crippen molar-refractivity contribution in [1.82, 2.24) is 5.32 Å². The fraction of sp³-hybridized carbons (Fsp3) is 1.00. The van der Waals surface area contributed by atoms with E-state index in [9.17, 15) is 0 Å². The smallest absolute Gasteiger partial charge is 0.0462 e. The Morgan fingerprint density at radius 2 is 1.67 bits per heavy atom. The van der Waals surface area contributed by atoms with Crippen LogP contribution in [-0.4, -0.2) is 27.3 Å². The second-order valence-corrected chi connectivity index (χ2v) is 2.97. The van der Waals surface area contributed by atoms with E-state index in [-0.39, 0.29) is 0 Å². The van der Waals surface area contributed by atoms with Gasteiger partial charge in [0.25, 0.3) is 0 Å². The molecule has 0 aliphatic heterocycles. The van der Waals surface area contributed by atoms with Gasteiger partial charge in [-0.05, 0) is 32.4 Å². The van der Waals surface area contributed by atoms with Crippen molar-refractivity contribution in [2.24, 2.45) is 5.92 Å². The first-order valence-electron chi connectivity index (χ1n) is 6.48. The van der Waals surface area contributed by atoms with Crippen LogP contribution in [0.4, 0.5) is 0 Å². The number of ether oxygens (including phenoxy) is 1. The molecule has 15 heavy (non-hydrogen) atoms. The maximum Gasteiger partial charge on any atom is 0.0462 e. The van der Waals surface area contributed by atoms with E-state index in [2.05, 4.69) is 12.2 Å². The monoisotopic (exact) mass is 219 g/mol. The number of methoxy groups -OCH3 is 1. The summed E-state index contributed by atoms with van der Waals surface area (Å²) in [6, 6.07) is 0. The molecule has 96 valence electrons. The van der Waals surface area contributed by atoms with Crippen molar-refractivity contribution in [3.05, 3.63) is 0 Å². The molecule has 0 radical (unpaired) electrons. The molecular weight excluding hydrogens is 186 g/mol. The Labute approximate surface area is 97.8 Å². The molecule has 0 heterocycles. The molecule has 0 fully saturated rings. The van der Waals surface area contributed by atoms with E-state index < -0.39 is 0 Å². The van der Waals surface area contributed by atoms with Crippen LogP contribution in [0.25, 0.3) is 0 Å². The molecule has 0 spiro atoms. The third kappa shape index (κ3) is 20.1. The summed E-state index contributed by atoms with van der Waals surface area (Å²) in [5, 5.41) is 3.20. The SMILES string of the molecule is CC.CC.CCC(CCCOC)CNC. The molecule has 0 aromatic rings. The lowest BCUT2D eigenvalue weighted by atomic mass is 10.0. The maximum atomic E-state index is 4.99. The van der Waals surface area contributed by atoms with E-state index in [0.717, 1.165) is 19.1 Å². The zero-order valence-electron chi connectivity index (χ0n) is 12.0. The molecule has 0 aliphatic carbocycles. The summed E-state index contributed by atoms with van der Waals surface area (Å²) in [5.74, 6) is 0.829. The van der Waals surface area contributed by atoms with Crippen LogP contribution in [0.2, 0.25) is 0 Å². The highest BCUT2D eigenvalue weighted by molar-refractivity contribution is 4.58. The van der Waals surface area contributed by atoms with Crippen LogP contribution in [0, 0.1) is 5.92 Å². The molecule has 1 N–H and O–H groups in total. The van der Waals surface area contributed by atoms with Gasteiger partial charge in [0.05, 0.1) is 0 Å². The van der Waals surface area contributed by atoms with Crippen molar-refractivity contribution in [3.8, 4) is 0 Å². The Kier molecular flexibility index (Phi) is 32.0. The van der Waals surface area contributed by atoms with Crippen molar-refractivity contribution >= 4 is 0 Å². The molecule has 1 atom stereocenters. The molecule has 2 nitrogen and oxygen atoms in total. The van der Waals surface area contributed by atoms with Gasteiger partial charge in [-0.25, -0.2) is 0 Å². The third-order valence-corrected chi connectivity index (χ3v) is 2.03. The van der Waals surface area contributed by atoms with Crippen LogP contribution in [0.5, 0.6) is 0 Å². The summed E-state index contributed by atoms with van der Waals surface area (Å²) in [4.78, 5) is 0. The van der Waals surface area contributed by atoms with Crippen LogP contribution in [-0.2, 0) is 4.74 Å². The number of hydrogen-bond acceptors (Lipinski definition) is 2. The first-order valence-corrected chi connectivity index (χ1v) is 6.48. The molecule has 0 bridgehead atoms. The fourth-order valence-electron chi connectivity index (χ4n) is 1.26. The normalized spacial score (nSPS) is 10.6. The number of nitrogens with one attached hydrogen (secondary N) is 1. The quantitative estimate of drug-likeness (QED) is 0.659. The Morgan fingerprint density at radius 3 is 2.00 bits per heavy atom. The zero-order chi connectivity index (χ0) is 12.5. The predicted octanol–water partition coefficient (Wildman–Crippen LogP) is 3.71. The van der Waals surface area contributed by atoms with Gasteiger partial charge in [0.1, 0.15) is 0 Å². The van der Waals surface area contributed by atoms with E-state index in [4.69, 9.17) is 4.74 Å². The summed E-state index contributed by atoms with van der Waals surface area (Å²) < 4.78 is 4.99. The highest BCUT2D eigenvalue weighted by Gasteiger charge is 2.03. The largest absolute Gasteiger partial charge is 0.385 e. The van der Waals surface area contributed by atoms with Gasteiger partial charge in [0.15, 0.2) is 0 Å². The average Bonchev–Trinajstić information content (AvgIpc) is 2.33. The molecule has 0 aromatic carbocycles. The van der Waals surface area contributed by atoms with E-state index in [1.165, 1.54) is 19.3 Å². The molecule has 0 aromatic heterocycles. The summed E-state index contributed by atoms with van der Waals surface area (Å²) >= 11 is 0. The molecular formula is C13H33NO. The lowest BCUT2D eigenvalue weighted by molar-refractivity contribution is 0.186. The van der Waals surface area contributed by atoms with Gasteiger partial charge in [-0.15, -0.1) is 0 Å². The van der Waals surface area contributed by atoms with Gasteiger partial charge in [-0.3, -0.25) is 0 Å². The maximum absolute atomic E-state index is 4.99. The van der Waals surface area contributed by atoms with Gasteiger partial charge >= 0.3 is 0 Å². The Balaban J connectivity index is -0.000000318. The van der Waals surface area contributed by atoms with E-state index >= 15 is 0 Å². The van der Waals surface area contributed by atoms with Gasteiger partial charge < -0.3 is 10.1 Å². The fourth-order valence-corrected chi connectivity index (χ4v) is 1.26. The molecule has 0 rings (SSSR count). The molecule has 1 unspecified atom stereocenters. The van der Waals surface area contributed by atoms with E-state index in [1.54, 1.807) is 7.11 Å². The van der Waals surface area contributed by atoms with Crippen molar-refractivity contribution in [2.45, 2.75) is 53.9 Å². The van der Waals surface area contributed by atoms with E-state index in [0.29, 0.717) is 0 Å². The number of hydrogen-bond donors (Lipinski definition) is 1. The van der Waals surface area contributed by atoms with Gasteiger partial charge in [-0.2, -0.15) is 0 Å². The molecule has 0 saturated carbocycles. The van der Waals surface area contributed by atoms with Crippen molar-refractivity contribution in [2.75, 3.05) is 27.3 Å². The van der Waals surface area contributed by atoms with Crippen LogP contribution in [0.3, 0.4) is 0 Å². The molecule has 2 heteroatoms. The van der Waals surface area contributed by atoms with E-state index in [1.807, 2.05) is 34.7 Å². The van der Waals surface area contributed by atoms with Crippen LogP contribution >= 0.6 is 0 Å². The highest BCUT2D eigenvalue weighted by atomic mass is 16.5.